The van der Waals surface area contributed by atoms with Crippen LogP contribution in [0.4, 0.5) is 4.79 Å². The molecule has 1 aromatic rings. The van der Waals surface area contributed by atoms with Gasteiger partial charge >= 0.3 is 6.09 Å². The molecule has 7 nitrogen and oxygen atoms in total. The van der Waals surface area contributed by atoms with E-state index in [1.165, 1.54) is 23.1 Å². The highest BCUT2D eigenvalue weighted by atomic mass is 35.5. The SMILES string of the molecule is CCOC(=O)N1CCC(N2C(=O)C(O)=C(c3ccc(Cl)cc3Cl)C2=O)CC1. The molecule has 3 rings (SSSR count). The standard InChI is InChI=1S/C18H18Cl2N2O5/c1-2-27-18(26)21-7-5-11(6-8-21)22-16(24)14(15(23)17(22)25)12-4-3-10(19)9-13(12)20/h3-4,9,11,23H,2,5-8H2,1H3. The van der Waals surface area contributed by atoms with Gasteiger partial charge in [-0.1, -0.05) is 29.3 Å². The number of aliphatic hydroxyl groups is 1. The summed E-state index contributed by atoms with van der Waals surface area (Å²) in [6, 6.07) is 4.05. The van der Waals surface area contributed by atoms with Gasteiger partial charge in [0.25, 0.3) is 11.8 Å². The fraction of sp³-hybridized carbons (Fsp3) is 0.389. The molecular weight excluding hydrogens is 395 g/mol. The van der Waals surface area contributed by atoms with E-state index in [1.54, 1.807) is 6.92 Å². The Labute approximate surface area is 166 Å². The number of nitrogens with zero attached hydrogens (tertiary/aromatic N) is 2. The highest BCUT2D eigenvalue weighted by Gasteiger charge is 2.44. The summed E-state index contributed by atoms with van der Waals surface area (Å²) in [4.78, 5) is 39.8. The number of imide groups is 1. The minimum Gasteiger partial charge on any atom is -0.502 e. The maximum atomic E-state index is 12.9. The molecule has 9 heteroatoms. The zero-order valence-corrected chi connectivity index (χ0v) is 16.1. The molecule has 144 valence electrons. The summed E-state index contributed by atoms with van der Waals surface area (Å²) in [6.07, 6.45) is 0.404. The maximum Gasteiger partial charge on any atom is 0.409 e. The Morgan fingerprint density at radius 2 is 1.89 bits per heavy atom. The number of benzene rings is 1. The molecule has 0 unspecified atom stereocenters. The first-order chi connectivity index (χ1) is 12.8. The van der Waals surface area contributed by atoms with E-state index in [1.807, 2.05) is 0 Å². The number of aliphatic hydroxyl groups excluding tert-OH is 1. The highest BCUT2D eigenvalue weighted by molar-refractivity contribution is 6.41. The summed E-state index contributed by atoms with van der Waals surface area (Å²) in [5.41, 5.74) is 0.123. The first-order valence-corrected chi connectivity index (χ1v) is 9.29. The normalized spacial score (nSPS) is 18.5. The van der Waals surface area contributed by atoms with Crippen LogP contribution in [0.25, 0.3) is 5.57 Å². The smallest absolute Gasteiger partial charge is 0.409 e. The van der Waals surface area contributed by atoms with Crippen molar-refractivity contribution in [1.82, 2.24) is 9.80 Å². The fourth-order valence-electron chi connectivity index (χ4n) is 3.32. The van der Waals surface area contributed by atoms with Crippen LogP contribution in [-0.2, 0) is 14.3 Å². The number of rotatable bonds is 3. The summed E-state index contributed by atoms with van der Waals surface area (Å²) >= 11 is 12.0. The molecule has 27 heavy (non-hydrogen) atoms. The van der Waals surface area contributed by atoms with E-state index in [4.69, 9.17) is 27.9 Å². The van der Waals surface area contributed by atoms with Crippen LogP contribution in [0.5, 0.6) is 0 Å². The van der Waals surface area contributed by atoms with E-state index in [9.17, 15) is 19.5 Å². The molecule has 0 aromatic heterocycles. The Kier molecular flexibility index (Phi) is 5.62. The molecule has 2 aliphatic rings. The van der Waals surface area contributed by atoms with Crippen molar-refractivity contribution >= 4 is 46.7 Å². The molecule has 0 aliphatic carbocycles. The van der Waals surface area contributed by atoms with Crippen LogP contribution in [0.2, 0.25) is 10.0 Å². The Bertz CT molecular complexity index is 831. The molecule has 1 N–H and O–H groups in total. The lowest BCUT2D eigenvalue weighted by molar-refractivity contribution is -0.141. The highest BCUT2D eigenvalue weighted by Crippen LogP contribution is 2.36. The van der Waals surface area contributed by atoms with E-state index >= 15 is 0 Å². The molecule has 2 aliphatic heterocycles. The Morgan fingerprint density at radius 1 is 1.22 bits per heavy atom. The van der Waals surface area contributed by atoms with Crippen LogP contribution in [0.15, 0.2) is 24.0 Å². The van der Waals surface area contributed by atoms with E-state index in [0.29, 0.717) is 31.0 Å². The number of likely N-dealkylation sites (tertiary alicyclic amines) is 1. The molecule has 3 amide bonds. The van der Waals surface area contributed by atoms with Crippen molar-refractivity contribution in [3.8, 4) is 0 Å². The number of ether oxygens (including phenoxy) is 1. The summed E-state index contributed by atoms with van der Waals surface area (Å²) in [5, 5.41) is 10.8. The first kappa shape index (κ1) is 19.5. The first-order valence-electron chi connectivity index (χ1n) is 8.53. The van der Waals surface area contributed by atoms with Gasteiger partial charge < -0.3 is 14.7 Å². The van der Waals surface area contributed by atoms with E-state index < -0.39 is 29.7 Å². The van der Waals surface area contributed by atoms with Gasteiger partial charge in [0.1, 0.15) is 0 Å². The third kappa shape index (κ3) is 3.61. The van der Waals surface area contributed by atoms with Gasteiger partial charge in [-0.05, 0) is 31.9 Å². The third-order valence-corrected chi connectivity index (χ3v) is 5.19. The number of amides is 3. The second kappa shape index (κ2) is 7.78. The van der Waals surface area contributed by atoms with Gasteiger partial charge in [-0.3, -0.25) is 14.5 Å². The van der Waals surface area contributed by atoms with E-state index in [2.05, 4.69) is 0 Å². The van der Waals surface area contributed by atoms with Crippen molar-refractivity contribution in [2.45, 2.75) is 25.8 Å². The maximum absolute atomic E-state index is 12.9. The summed E-state index contributed by atoms with van der Waals surface area (Å²) in [7, 11) is 0. The topological polar surface area (TPSA) is 87.2 Å². The average molecular weight is 413 g/mol. The Balaban J connectivity index is 1.78. The van der Waals surface area contributed by atoms with Gasteiger partial charge in [0.05, 0.1) is 17.2 Å². The van der Waals surface area contributed by atoms with Crippen LogP contribution in [-0.4, -0.2) is 58.6 Å². The average Bonchev–Trinajstić information content (AvgIpc) is 2.85. The largest absolute Gasteiger partial charge is 0.502 e. The Morgan fingerprint density at radius 3 is 2.48 bits per heavy atom. The molecule has 0 saturated carbocycles. The quantitative estimate of drug-likeness (QED) is 0.769. The lowest BCUT2D eigenvalue weighted by Crippen LogP contribution is -2.49. The number of halogens is 2. The monoisotopic (exact) mass is 412 g/mol. The van der Waals surface area contributed by atoms with Crippen LogP contribution in [0.3, 0.4) is 0 Å². The van der Waals surface area contributed by atoms with Crippen LogP contribution >= 0.6 is 23.2 Å². The van der Waals surface area contributed by atoms with Crippen LogP contribution in [0.1, 0.15) is 25.3 Å². The minimum absolute atomic E-state index is 0.130. The number of carbonyl (C=O) groups is 3. The zero-order chi connectivity index (χ0) is 19.7. The van der Waals surface area contributed by atoms with Crippen molar-refractivity contribution in [1.29, 1.82) is 0 Å². The molecular formula is C18H18Cl2N2O5. The third-order valence-electron chi connectivity index (χ3n) is 4.65. The number of carbonyl (C=O) groups excluding carboxylic acids is 3. The fourth-order valence-corrected chi connectivity index (χ4v) is 3.83. The lowest BCUT2D eigenvalue weighted by atomic mass is 10.0. The molecule has 0 radical (unpaired) electrons. The van der Waals surface area contributed by atoms with Gasteiger partial charge in [-0.25, -0.2) is 4.79 Å². The van der Waals surface area contributed by atoms with Crippen molar-refractivity contribution in [2.75, 3.05) is 19.7 Å². The van der Waals surface area contributed by atoms with Crippen LogP contribution < -0.4 is 0 Å². The van der Waals surface area contributed by atoms with E-state index in [-0.39, 0.29) is 22.8 Å². The second-order valence-electron chi connectivity index (χ2n) is 6.25. The van der Waals surface area contributed by atoms with Gasteiger partial charge in [0, 0.05) is 29.7 Å². The summed E-state index contributed by atoms with van der Waals surface area (Å²) in [5.74, 6) is -1.98. The summed E-state index contributed by atoms with van der Waals surface area (Å²) in [6.45, 7) is 2.73. The predicted octanol–water partition coefficient (Wildman–Crippen LogP) is 3.25. The molecule has 1 saturated heterocycles. The molecule has 1 aromatic carbocycles. The van der Waals surface area contributed by atoms with Crippen LogP contribution in [0, 0.1) is 0 Å². The molecule has 2 heterocycles. The van der Waals surface area contributed by atoms with Gasteiger partial charge in [0.15, 0.2) is 5.76 Å². The van der Waals surface area contributed by atoms with Crippen molar-refractivity contribution in [3.63, 3.8) is 0 Å². The second-order valence-corrected chi connectivity index (χ2v) is 7.09. The van der Waals surface area contributed by atoms with Crippen molar-refractivity contribution in [2.24, 2.45) is 0 Å². The molecule has 0 atom stereocenters. The molecule has 1 fully saturated rings. The van der Waals surface area contributed by atoms with Crippen molar-refractivity contribution < 1.29 is 24.2 Å². The number of hydrogen-bond acceptors (Lipinski definition) is 5. The Hall–Kier alpha value is -2.25. The predicted molar refractivity (Wildman–Crippen MR) is 99.5 cm³/mol. The number of hydrogen-bond donors (Lipinski definition) is 1. The van der Waals surface area contributed by atoms with Gasteiger partial charge in [-0.15, -0.1) is 0 Å². The van der Waals surface area contributed by atoms with E-state index in [0.717, 1.165) is 4.90 Å². The molecule has 0 spiro atoms. The minimum atomic E-state index is -0.754. The summed E-state index contributed by atoms with van der Waals surface area (Å²) < 4.78 is 4.96. The number of piperidine rings is 1. The van der Waals surface area contributed by atoms with Crippen molar-refractivity contribution in [3.05, 3.63) is 39.6 Å². The molecule has 0 bridgehead atoms. The zero-order valence-electron chi connectivity index (χ0n) is 14.6. The van der Waals surface area contributed by atoms with Gasteiger partial charge in [-0.2, -0.15) is 0 Å². The lowest BCUT2D eigenvalue weighted by Gasteiger charge is -2.35. The van der Waals surface area contributed by atoms with Gasteiger partial charge in [0.2, 0.25) is 0 Å².